The molecule has 0 aromatic heterocycles. The highest BCUT2D eigenvalue weighted by Crippen LogP contribution is 2.22. The van der Waals surface area contributed by atoms with E-state index >= 15 is 0 Å². The normalized spacial score (nSPS) is 14.8. The van der Waals surface area contributed by atoms with Crippen molar-refractivity contribution in [2.75, 3.05) is 0 Å². The first kappa shape index (κ1) is 22.2. The van der Waals surface area contributed by atoms with E-state index in [1.807, 2.05) is 0 Å². The summed E-state index contributed by atoms with van der Waals surface area (Å²) in [5.74, 6) is -1.56. The Morgan fingerprint density at radius 3 is 2.04 bits per heavy atom. The molecule has 24 heavy (non-hydrogen) atoms. The van der Waals surface area contributed by atoms with Gasteiger partial charge in [0.1, 0.15) is 5.54 Å². The molecule has 140 valence electrons. The number of nitrogens with one attached hydrogen (secondary N) is 1. The predicted octanol–water partition coefficient (Wildman–Crippen LogP) is 3.32. The summed E-state index contributed by atoms with van der Waals surface area (Å²) in [6.07, 6.45) is 0.890. The number of carbonyl (C=O) groups is 3. The fraction of sp³-hybridized carbons (Fsp3) is 0.824. The number of carboxylic acid groups (broad SMARTS) is 1. The average Bonchev–Trinajstić information content (AvgIpc) is 2.47. The average molecular weight is 345 g/mol. The van der Waals surface area contributed by atoms with Crippen LogP contribution in [-0.2, 0) is 19.1 Å². The van der Waals surface area contributed by atoms with Gasteiger partial charge in [-0.15, -0.1) is 0 Å². The van der Waals surface area contributed by atoms with Gasteiger partial charge in [-0.3, -0.25) is 4.79 Å². The summed E-state index contributed by atoms with van der Waals surface area (Å²) in [4.78, 5) is 34.9. The summed E-state index contributed by atoms with van der Waals surface area (Å²) >= 11 is 0. The first-order valence-electron chi connectivity index (χ1n) is 8.48. The summed E-state index contributed by atoms with van der Waals surface area (Å²) in [5, 5.41) is 11.8. The van der Waals surface area contributed by atoms with Crippen LogP contribution in [0, 0.1) is 11.8 Å². The molecule has 0 heterocycles. The van der Waals surface area contributed by atoms with E-state index in [0.717, 1.165) is 12.8 Å². The van der Waals surface area contributed by atoms with Crippen LogP contribution in [0.4, 0.5) is 4.79 Å². The van der Waals surface area contributed by atoms with Gasteiger partial charge in [0.25, 0.3) is 0 Å². The Hall–Kier alpha value is -1.79. The largest absolute Gasteiger partial charge is 0.480 e. The molecule has 0 aromatic rings. The fourth-order valence-electron chi connectivity index (χ4n) is 2.14. The molecule has 0 bridgehead atoms. The topological polar surface area (TPSA) is 102 Å². The highest BCUT2D eigenvalue weighted by Gasteiger charge is 2.36. The van der Waals surface area contributed by atoms with Crippen molar-refractivity contribution in [3.05, 3.63) is 0 Å². The molecule has 2 N–H and O–H groups in total. The third-order valence-electron chi connectivity index (χ3n) is 4.08. The summed E-state index contributed by atoms with van der Waals surface area (Å²) in [5.41, 5.74) is -1.43. The number of ether oxygens (including phenoxy) is 2. The van der Waals surface area contributed by atoms with Gasteiger partial charge in [-0.1, -0.05) is 40.5 Å². The van der Waals surface area contributed by atoms with E-state index in [0.29, 0.717) is 18.8 Å². The molecule has 0 fully saturated rings. The lowest BCUT2D eigenvalue weighted by Crippen LogP contribution is -2.53. The quantitative estimate of drug-likeness (QED) is 0.465. The highest BCUT2D eigenvalue weighted by atomic mass is 16.7. The molecule has 0 saturated carbocycles. The lowest BCUT2D eigenvalue weighted by molar-refractivity contribution is -0.169. The van der Waals surface area contributed by atoms with Crippen LogP contribution in [0.1, 0.15) is 67.2 Å². The van der Waals surface area contributed by atoms with E-state index in [9.17, 15) is 19.5 Å². The van der Waals surface area contributed by atoms with Crippen LogP contribution in [0.25, 0.3) is 0 Å². The molecule has 0 aliphatic carbocycles. The zero-order valence-corrected chi connectivity index (χ0v) is 15.5. The van der Waals surface area contributed by atoms with Crippen LogP contribution < -0.4 is 5.32 Å². The molecule has 0 rings (SSSR count). The molecule has 1 amide bonds. The predicted molar refractivity (Wildman–Crippen MR) is 89.4 cm³/mol. The van der Waals surface area contributed by atoms with Crippen molar-refractivity contribution in [1.82, 2.24) is 5.32 Å². The minimum absolute atomic E-state index is 0.296. The van der Waals surface area contributed by atoms with Crippen molar-refractivity contribution in [2.24, 2.45) is 11.8 Å². The lowest BCUT2D eigenvalue weighted by atomic mass is 9.88. The number of amides is 1. The first-order valence-corrected chi connectivity index (χ1v) is 8.48. The second-order valence-electron chi connectivity index (χ2n) is 6.55. The Morgan fingerprint density at radius 1 is 1.08 bits per heavy atom. The summed E-state index contributed by atoms with van der Waals surface area (Å²) < 4.78 is 9.84. The molecule has 7 heteroatoms. The molecule has 7 nitrogen and oxygen atoms in total. The number of hydrogen-bond donors (Lipinski definition) is 2. The number of rotatable bonds is 10. The van der Waals surface area contributed by atoms with E-state index in [-0.39, 0.29) is 5.92 Å². The van der Waals surface area contributed by atoms with Crippen molar-refractivity contribution in [3.63, 3.8) is 0 Å². The van der Waals surface area contributed by atoms with E-state index < -0.39 is 29.9 Å². The van der Waals surface area contributed by atoms with Gasteiger partial charge in [0.15, 0.2) is 0 Å². The Bertz CT molecular complexity index is 433. The Labute approximate surface area is 144 Å². The number of alkyl carbamates (subject to hydrolysis) is 1. The zero-order valence-electron chi connectivity index (χ0n) is 15.5. The standard InChI is InChI=1S/C17H31NO6/c1-7-13(8-2)9-10-17(6,15(20)21)18-16(22)24-12(5)23-14(19)11(3)4/h11-13H,7-10H2,1-6H3,(H,18,22)(H,20,21)/t12-,17-/m0/s1. The number of esters is 1. The van der Waals surface area contributed by atoms with Crippen molar-refractivity contribution in [2.45, 2.75) is 79.1 Å². The molecule has 0 aliphatic rings. The van der Waals surface area contributed by atoms with Crippen molar-refractivity contribution < 1.29 is 29.0 Å². The van der Waals surface area contributed by atoms with Crippen molar-refractivity contribution in [1.29, 1.82) is 0 Å². The second-order valence-corrected chi connectivity index (χ2v) is 6.55. The van der Waals surface area contributed by atoms with Crippen LogP contribution >= 0.6 is 0 Å². The fourth-order valence-corrected chi connectivity index (χ4v) is 2.14. The van der Waals surface area contributed by atoms with Gasteiger partial charge in [0.2, 0.25) is 6.29 Å². The molecule has 0 unspecified atom stereocenters. The molecule has 0 aromatic carbocycles. The lowest BCUT2D eigenvalue weighted by Gasteiger charge is -2.28. The zero-order chi connectivity index (χ0) is 18.9. The highest BCUT2D eigenvalue weighted by molar-refractivity contribution is 5.83. The van der Waals surface area contributed by atoms with Crippen LogP contribution in [0.2, 0.25) is 0 Å². The van der Waals surface area contributed by atoms with Gasteiger partial charge in [-0.2, -0.15) is 0 Å². The van der Waals surface area contributed by atoms with Crippen LogP contribution in [0.15, 0.2) is 0 Å². The molecule has 0 radical (unpaired) electrons. The van der Waals surface area contributed by atoms with Gasteiger partial charge in [0.05, 0.1) is 5.92 Å². The number of hydrogen-bond acceptors (Lipinski definition) is 5. The van der Waals surface area contributed by atoms with Gasteiger partial charge < -0.3 is 19.9 Å². The molecular weight excluding hydrogens is 314 g/mol. The van der Waals surface area contributed by atoms with Crippen molar-refractivity contribution in [3.8, 4) is 0 Å². The van der Waals surface area contributed by atoms with Gasteiger partial charge >= 0.3 is 18.0 Å². The van der Waals surface area contributed by atoms with E-state index in [4.69, 9.17) is 9.47 Å². The van der Waals surface area contributed by atoms with E-state index in [2.05, 4.69) is 19.2 Å². The number of carboxylic acids is 1. The van der Waals surface area contributed by atoms with Gasteiger partial charge in [0, 0.05) is 6.92 Å². The Kier molecular flexibility index (Phi) is 9.40. The number of aliphatic carboxylic acids is 1. The SMILES string of the molecule is CCC(CC)CC[C@](C)(NC(=O)O[C@@H](C)OC(=O)C(C)C)C(=O)O. The molecule has 0 aliphatic heterocycles. The Morgan fingerprint density at radius 2 is 1.62 bits per heavy atom. The molecule has 0 saturated heterocycles. The smallest absolute Gasteiger partial charge is 0.411 e. The minimum atomic E-state index is -1.43. The Balaban J connectivity index is 4.67. The maximum Gasteiger partial charge on any atom is 0.411 e. The minimum Gasteiger partial charge on any atom is -0.480 e. The summed E-state index contributed by atoms with van der Waals surface area (Å²) in [6.45, 7) is 10.3. The number of carbonyl (C=O) groups excluding carboxylic acids is 2. The monoisotopic (exact) mass is 345 g/mol. The van der Waals surface area contributed by atoms with Crippen LogP contribution in [0.5, 0.6) is 0 Å². The van der Waals surface area contributed by atoms with Gasteiger partial charge in [-0.25, -0.2) is 9.59 Å². The second kappa shape index (κ2) is 10.2. The van der Waals surface area contributed by atoms with Gasteiger partial charge in [-0.05, 0) is 25.7 Å². The third-order valence-corrected chi connectivity index (χ3v) is 4.08. The molecule has 0 spiro atoms. The third kappa shape index (κ3) is 7.66. The van der Waals surface area contributed by atoms with E-state index in [1.165, 1.54) is 13.8 Å². The first-order chi connectivity index (χ1) is 11.1. The maximum atomic E-state index is 11.9. The van der Waals surface area contributed by atoms with E-state index in [1.54, 1.807) is 13.8 Å². The van der Waals surface area contributed by atoms with Crippen LogP contribution in [-0.4, -0.2) is 35.0 Å². The summed E-state index contributed by atoms with van der Waals surface area (Å²) in [7, 11) is 0. The molecular formula is C17H31NO6. The summed E-state index contributed by atoms with van der Waals surface area (Å²) in [6, 6.07) is 0. The molecule has 2 atom stereocenters. The van der Waals surface area contributed by atoms with Crippen molar-refractivity contribution >= 4 is 18.0 Å². The maximum absolute atomic E-state index is 11.9. The van der Waals surface area contributed by atoms with Crippen LogP contribution in [0.3, 0.4) is 0 Å².